The molecule has 1 atom stereocenters. The molecule has 14 heavy (non-hydrogen) atoms. The van der Waals surface area contributed by atoms with Crippen LogP contribution in [0.25, 0.3) is 5.57 Å². The van der Waals surface area contributed by atoms with E-state index in [1.165, 1.54) is 34.0 Å². The third kappa shape index (κ3) is 1.19. The summed E-state index contributed by atoms with van der Waals surface area (Å²) in [6.07, 6.45) is 6.84. The van der Waals surface area contributed by atoms with Crippen LogP contribution >= 0.6 is 15.9 Å². The van der Waals surface area contributed by atoms with Crippen molar-refractivity contribution < 1.29 is 0 Å². The van der Waals surface area contributed by atoms with Crippen LogP contribution in [0.1, 0.15) is 17.5 Å². The van der Waals surface area contributed by atoms with Gasteiger partial charge in [-0.2, -0.15) is 0 Å². The van der Waals surface area contributed by atoms with Crippen molar-refractivity contribution in [2.45, 2.75) is 12.8 Å². The molecule has 2 aliphatic carbocycles. The molecule has 1 unspecified atom stereocenters. The average molecular weight is 247 g/mol. The second kappa shape index (κ2) is 3.09. The number of fused-ring (bicyclic) bond motifs is 3. The summed E-state index contributed by atoms with van der Waals surface area (Å²) >= 11 is 3.59. The molecule has 0 fully saturated rings. The third-order valence-corrected chi connectivity index (χ3v) is 3.71. The van der Waals surface area contributed by atoms with Gasteiger partial charge in [0.05, 0.1) is 0 Å². The molecule has 3 rings (SSSR count). The Morgan fingerprint density at radius 1 is 1.07 bits per heavy atom. The molecule has 0 aliphatic heterocycles. The van der Waals surface area contributed by atoms with E-state index in [9.17, 15) is 0 Å². The fourth-order valence-corrected chi connectivity index (χ4v) is 2.99. The molecule has 0 heterocycles. The SMILES string of the molecule is BrC1=CC=C2c3ccccc3CC2C1. The highest BCUT2D eigenvalue weighted by molar-refractivity contribution is 9.11. The summed E-state index contributed by atoms with van der Waals surface area (Å²) in [5, 5.41) is 0. The zero-order valence-corrected chi connectivity index (χ0v) is 9.42. The van der Waals surface area contributed by atoms with Crippen molar-refractivity contribution in [3.8, 4) is 0 Å². The highest BCUT2D eigenvalue weighted by Crippen LogP contribution is 2.43. The van der Waals surface area contributed by atoms with Gasteiger partial charge in [-0.05, 0) is 39.9 Å². The number of hydrogen-bond acceptors (Lipinski definition) is 0. The average Bonchev–Trinajstić information content (AvgIpc) is 2.54. The zero-order valence-electron chi connectivity index (χ0n) is 7.83. The minimum Gasteiger partial charge on any atom is -0.0620 e. The molecule has 1 heteroatoms. The minimum atomic E-state index is 0.715. The van der Waals surface area contributed by atoms with Gasteiger partial charge in [0.25, 0.3) is 0 Å². The van der Waals surface area contributed by atoms with E-state index in [1.54, 1.807) is 0 Å². The predicted octanol–water partition coefficient (Wildman–Crippen LogP) is 3.92. The molecule has 0 N–H and O–H groups in total. The van der Waals surface area contributed by atoms with E-state index in [2.05, 4.69) is 52.3 Å². The fourth-order valence-electron chi connectivity index (χ4n) is 2.47. The second-order valence-electron chi connectivity index (χ2n) is 4.00. The lowest BCUT2D eigenvalue weighted by Gasteiger charge is -2.15. The van der Waals surface area contributed by atoms with Crippen molar-refractivity contribution in [3.05, 3.63) is 52.0 Å². The Hall–Kier alpha value is -0.820. The smallest absolute Gasteiger partial charge is 0.00431 e. The monoisotopic (exact) mass is 246 g/mol. The van der Waals surface area contributed by atoms with Crippen molar-refractivity contribution in [1.82, 2.24) is 0 Å². The van der Waals surface area contributed by atoms with Gasteiger partial charge in [-0.1, -0.05) is 52.3 Å². The van der Waals surface area contributed by atoms with Crippen LogP contribution in [0.2, 0.25) is 0 Å². The van der Waals surface area contributed by atoms with Crippen LogP contribution in [-0.2, 0) is 6.42 Å². The first-order chi connectivity index (χ1) is 6.84. The summed E-state index contributed by atoms with van der Waals surface area (Å²) in [5.41, 5.74) is 4.51. The number of rotatable bonds is 0. The Kier molecular flexibility index (Phi) is 1.88. The van der Waals surface area contributed by atoms with Crippen LogP contribution < -0.4 is 0 Å². The quantitative estimate of drug-likeness (QED) is 0.651. The Balaban J connectivity index is 2.13. The number of hydrogen-bond donors (Lipinski definition) is 0. The number of allylic oxidation sites excluding steroid dienone is 4. The van der Waals surface area contributed by atoms with Crippen LogP contribution in [0.15, 0.2) is 40.9 Å². The molecule has 70 valence electrons. The summed E-state index contributed by atoms with van der Waals surface area (Å²) in [6.45, 7) is 0. The molecular formula is C13H11Br. The van der Waals surface area contributed by atoms with Crippen LogP contribution in [0, 0.1) is 5.92 Å². The zero-order chi connectivity index (χ0) is 9.54. The van der Waals surface area contributed by atoms with Gasteiger partial charge in [0.2, 0.25) is 0 Å². The van der Waals surface area contributed by atoms with Gasteiger partial charge in [0, 0.05) is 0 Å². The van der Waals surface area contributed by atoms with Crippen LogP contribution in [0.4, 0.5) is 0 Å². The molecule has 0 aromatic heterocycles. The lowest BCUT2D eigenvalue weighted by molar-refractivity contribution is 0.698. The Morgan fingerprint density at radius 3 is 2.86 bits per heavy atom. The summed E-state index contributed by atoms with van der Waals surface area (Å²) in [5.74, 6) is 0.715. The van der Waals surface area contributed by atoms with Gasteiger partial charge in [-0.25, -0.2) is 0 Å². The van der Waals surface area contributed by atoms with Crippen LogP contribution in [-0.4, -0.2) is 0 Å². The largest absolute Gasteiger partial charge is 0.0620 e. The highest BCUT2D eigenvalue weighted by atomic mass is 79.9. The van der Waals surface area contributed by atoms with E-state index in [1.807, 2.05) is 0 Å². The second-order valence-corrected chi connectivity index (χ2v) is 5.02. The molecule has 0 radical (unpaired) electrons. The van der Waals surface area contributed by atoms with Gasteiger partial charge in [-0.3, -0.25) is 0 Å². The van der Waals surface area contributed by atoms with Gasteiger partial charge >= 0.3 is 0 Å². The van der Waals surface area contributed by atoms with Gasteiger partial charge in [0.1, 0.15) is 0 Å². The van der Waals surface area contributed by atoms with E-state index >= 15 is 0 Å². The highest BCUT2D eigenvalue weighted by Gasteiger charge is 2.27. The number of benzene rings is 1. The first-order valence-electron chi connectivity index (χ1n) is 4.99. The first kappa shape index (κ1) is 8.49. The first-order valence-corrected chi connectivity index (χ1v) is 5.78. The summed E-state index contributed by atoms with van der Waals surface area (Å²) in [7, 11) is 0. The van der Waals surface area contributed by atoms with Gasteiger partial charge < -0.3 is 0 Å². The maximum Gasteiger partial charge on any atom is -0.00431 e. The lowest BCUT2D eigenvalue weighted by Crippen LogP contribution is -2.01. The molecule has 1 aromatic rings. The summed E-state index contributed by atoms with van der Waals surface area (Å²) in [4.78, 5) is 0. The van der Waals surface area contributed by atoms with Crippen LogP contribution in [0.3, 0.4) is 0 Å². The molecule has 2 aliphatic rings. The predicted molar refractivity (Wildman–Crippen MR) is 63.2 cm³/mol. The number of halogens is 1. The third-order valence-electron chi connectivity index (χ3n) is 3.12. The fraction of sp³-hybridized carbons (Fsp3) is 0.231. The minimum absolute atomic E-state index is 0.715. The summed E-state index contributed by atoms with van der Waals surface area (Å²) in [6, 6.07) is 8.77. The van der Waals surface area contributed by atoms with Crippen molar-refractivity contribution in [3.63, 3.8) is 0 Å². The van der Waals surface area contributed by atoms with Crippen molar-refractivity contribution in [2.75, 3.05) is 0 Å². The molecule has 0 bridgehead atoms. The van der Waals surface area contributed by atoms with Gasteiger partial charge in [-0.15, -0.1) is 0 Å². The summed E-state index contributed by atoms with van der Waals surface area (Å²) < 4.78 is 1.33. The maximum atomic E-state index is 3.59. The molecule has 0 spiro atoms. The molecule has 0 amide bonds. The van der Waals surface area contributed by atoms with E-state index in [-0.39, 0.29) is 0 Å². The van der Waals surface area contributed by atoms with Gasteiger partial charge in [0.15, 0.2) is 0 Å². The molecule has 0 saturated heterocycles. The normalized spacial score (nSPS) is 23.6. The maximum absolute atomic E-state index is 3.59. The van der Waals surface area contributed by atoms with Crippen molar-refractivity contribution >= 4 is 21.5 Å². The lowest BCUT2D eigenvalue weighted by atomic mass is 9.92. The standard InChI is InChI=1S/C13H11Br/c14-11-5-6-13-10(8-11)7-9-3-1-2-4-12(9)13/h1-6,10H,7-8H2. The van der Waals surface area contributed by atoms with E-state index in [0.717, 1.165) is 0 Å². The molecular weight excluding hydrogens is 236 g/mol. The molecule has 0 nitrogen and oxygen atoms in total. The van der Waals surface area contributed by atoms with Crippen molar-refractivity contribution in [2.24, 2.45) is 5.92 Å². The van der Waals surface area contributed by atoms with E-state index in [4.69, 9.17) is 0 Å². The molecule has 0 saturated carbocycles. The topological polar surface area (TPSA) is 0 Å². The molecule has 1 aromatic carbocycles. The van der Waals surface area contributed by atoms with E-state index < -0.39 is 0 Å². The van der Waals surface area contributed by atoms with Crippen LogP contribution in [0.5, 0.6) is 0 Å². The Morgan fingerprint density at radius 2 is 1.93 bits per heavy atom. The Labute approximate surface area is 92.5 Å². The van der Waals surface area contributed by atoms with E-state index in [0.29, 0.717) is 5.92 Å². The van der Waals surface area contributed by atoms with Crippen molar-refractivity contribution in [1.29, 1.82) is 0 Å². The Bertz CT molecular complexity index is 440.